The molecule has 0 spiro atoms. The summed E-state index contributed by atoms with van der Waals surface area (Å²) in [6.07, 6.45) is -0.665. The van der Waals surface area contributed by atoms with Crippen LogP contribution in [0.5, 0.6) is 0 Å². The number of carbonyl (C=O) groups is 1. The van der Waals surface area contributed by atoms with Crippen LogP contribution >= 0.6 is 0 Å². The van der Waals surface area contributed by atoms with E-state index in [4.69, 9.17) is 5.11 Å². The first-order valence-electron chi connectivity index (χ1n) is 5.16. The van der Waals surface area contributed by atoms with Crippen LogP contribution in [0.15, 0.2) is 0 Å². The molecule has 1 N–H and O–H groups in total. The van der Waals surface area contributed by atoms with Crippen LogP contribution in [0, 0.1) is 5.92 Å². The van der Waals surface area contributed by atoms with Gasteiger partial charge < -0.3 is 10.0 Å². The van der Waals surface area contributed by atoms with E-state index < -0.39 is 24.2 Å². The fourth-order valence-electron chi connectivity index (χ4n) is 1.95. The van der Waals surface area contributed by atoms with Crippen LogP contribution in [0.3, 0.4) is 0 Å². The van der Waals surface area contributed by atoms with Crippen molar-refractivity contribution in [3.05, 3.63) is 0 Å². The van der Waals surface area contributed by atoms with E-state index in [1.165, 1.54) is 0 Å². The number of aliphatic carboxylic acids is 1. The molecular weight excluding hydrogens is 204 g/mol. The highest BCUT2D eigenvalue weighted by Gasteiger charge is 2.45. The fourth-order valence-corrected chi connectivity index (χ4v) is 1.95. The molecule has 15 heavy (non-hydrogen) atoms. The Morgan fingerprint density at radius 2 is 2.20 bits per heavy atom. The standard InChI is InChI=1S/C10H17F2NO2/c1-7(2)13-4-3-8(6-13)10(11,12)5-9(14)15/h7-8H,3-6H2,1-2H3,(H,14,15). The molecule has 0 bridgehead atoms. The van der Waals surface area contributed by atoms with Crippen LogP contribution < -0.4 is 0 Å². The lowest BCUT2D eigenvalue weighted by atomic mass is 9.98. The molecular formula is C10H17F2NO2. The zero-order valence-corrected chi connectivity index (χ0v) is 9.04. The first kappa shape index (κ1) is 12.4. The third kappa shape index (κ3) is 3.12. The monoisotopic (exact) mass is 221 g/mol. The summed E-state index contributed by atoms with van der Waals surface area (Å²) >= 11 is 0. The van der Waals surface area contributed by atoms with Gasteiger partial charge in [0.15, 0.2) is 0 Å². The molecule has 1 aliphatic rings. The van der Waals surface area contributed by atoms with E-state index in [9.17, 15) is 13.6 Å². The van der Waals surface area contributed by atoms with Gasteiger partial charge in [0.1, 0.15) is 6.42 Å². The predicted molar refractivity (Wildman–Crippen MR) is 52.0 cm³/mol. The van der Waals surface area contributed by atoms with Crippen molar-refractivity contribution in [2.75, 3.05) is 13.1 Å². The second-order valence-electron chi connectivity index (χ2n) is 4.41. The summed E-state index contributed by atoms with van der Waals surface area (Å²) in [4.78, 5) is 12.3. The number of alkyl halides is 2. The van der Waals surface area contributed by atoms with Gasteiger partial charge >= 0.3 is 5.97 Å². The van der Waals surface area contributed by atoms with Gasteiger partial charge in [0.25, 0.3) is 5.92 Å². The molecule has 1 fully saturated rings. The van der Waals surface area contributed by atoms with Crippen molar-refractivity contribution in [2.24, 2.45) is 5.92 Å². The van der Waals surface area contributed by atoms with Gasteiger partial charge in [-0.15, -0.1) is 0 Å². The van der Waals surface area contributed by atoms with Crippen molar-refractivity contribution >= 4 is 5.97 Å². The Labute approximate surface area is 88.1 Å². The number of nitrogens with zero attached hydrogens (tertiary/aromatic N) is 1. The fraction of sp³-hybridized carbons (Fsp3) is 0.900. The normalized spacial score (nSPS) is 23.7. The van der Waals surface area contributed by atoms with Crippen LogP contribution in [-0.2, 0) is 4.79 Å². The molecule has 3 nitrogen and oxygen atoms in total. The quantitative estimate of drug-likeness (QED) is 0.787. The van der Waals surface area contributed by atoms with Gasteiger partial charge in [-0.2, -0.15) is 0 Å². The average molecular weight is 221 g/mol. The second kappa shape index (κ2) is 4.43. The maximum Gasteiger partial charge on any atom is 0.309 e. The minimum atomic E-state index is -3.07. The SMILES string of the molecule is CC(C)N1CCC(C(F)(F)CC(=O)O)C1. The van der Waals surface area contributed by atoms with Crippen LogP contribution in [0.2, 0.25) is 0 Å². The van der Waals surface area contributed by atoms with E-state index in [0.717, 1.165) is 0 Å². The molecule has 0 aromatic rings. The Morgan fingerprint density at radius 1 is 1.60 bits per heavy atom. The molecule has 0 aromatic carbocycles. The molecule has 0 aromatic heterocycles. The van der Waals surface area contributed by atoms with Crippen molar-refractivity contribution in [2.45, 2.75) is 38.7 Å². The second-order valence-corrected chi connectivity index (χ2v) is 4.41. The minimum absolute atomic E-state index is 0.246. The first-order valence-corrected chi connectivity index (χ1v) is 5.16. The smallest absolute Gasteiger partial charge is 0.309 e. The number of rotatable bonds is 4. The maximum atomic E-state index is 13.4. The zero-order chi connectivity index (χ0) is 11.6. The van der Waals surface area contributed by atoms with Gasteiger partial charge in [-0.1, -0.05) is 0 Å². The number of hydrogen-bond acceptors (Lipinski definition) is 2. The van der Waals surface area contributed by atoms with E-state index in [-0.39, 0.29) is 6.04 Å². The summed E-state index contributed by atoms with van der Waals surface area (Å²) in [5.74, 6) is -5.31. The average Bonchev–Trinajstić information content (AvgIpc) is 2.48. The predicted octanol–water partition coefficient (Wildman–Crippen LogP) is 1.83. The summed E-state index contributed by atoms with van der Waals surface area (Å²) in [6.45, 7) is 4.85. The molecule has 1 saturated heterocycles. The highest BCUT2D eigenvalue weighted by molar-refractivity contribution is 5.67. The summed E-state index contributed by atoms with van der Waals surface area (Å²) in [6, 6.07) is 0.246. The van der Waals surface area contributed by atoms with E-state index in [2.05, 4.69) is 0 Å². The zero-order valence-electron chi connectivity index (χ0n) is 9.04. The Morgan fingerprint density at radius 3 is 2.60 bits per heavy atom. The van der Waals surface area contributed by atoms with E-state index in [1.54, 1.807) is 0 Å². The Kier molecular flexibility index (Phi) is 3.65. The number of hydrogen-bond donors (Lipinski definition) is 1. The van der Waals surface area contributed by atoms with Crippen molar-refractivity contribution in [3.8, 4) is 0 Å². The Hall–Kier alpha value is -0.710. The van der Waals surface area contributed by atoms with Gasteiger partial charge in [0.2, 0.25) is 0 Å². The third-order valence-electron chi connectivity index (χ3n) is 2.93. The lowest BCUT2D eigenvalue weighted by Crippen LogP contribution is -2.35. The summed E-state index contributed by atoms with van der Waals surface area (Å²) in [5, 5.41) is 8.39. The van der Waals surface area contributed by atoms with Gasteiger partial charge in [-0.3, -0.25) is 4.79 Å². The Bertz CT molecular complexity index is 244. The molecule has 1 heterocycles. The summed E-state index contributed by atoms with van der Waals surface area (Å²) < 4.78 is 26.8. The van der Waals surface area contributed by atoms with Crippen molar-refractivity contribution < 1.29 is 18.7 Å². The molecule has 0 saturated carbocycles. The van der Waals surface area contributed by atoms with Crippen molar-refractivity contribution in [3.63, 3.8) is 0 Å². The van der Waals surface area contributed by atoms with E-state index >= 15 is 0 Å². The largest absolute Gasteiger partial charge is 0.481 e. The van der Waals surface area contributed by atoms with Crippen molar-refractivity contribution in [1.29, 1.82) is 0 Å². The van der Waals surface area contributed by atoms with Crippen LogP contribution in [0.4, 0.5) is 8.78 Å². The molecule has 88 valence electrons. The van der Waals surface area contributed by atoms with Crippen LogP contribution in [0.1, 0.15) is 26.7 Å². The summed E-state index contributed by atoms with van der Waals surface area (Å²) in [7, 11) is 0. The molecule has 1 aliphatic heterocycles. The third-order valence-corrected chi connectivity index (χ3v) is 2.93. The highest BCUT2D eigenvalue weighted by Crippen LogP contribution is 2.35. The molecule has 5 heteroatoms. The van der Waals surface area contributed by atoms with E-state index in [0.29, 0.717) is 19.5 Å². The summed E-state index contributed by atoms with van der Waals surface area (Å²) in [5.41, 5.74) is 0. The molecule has 1 rings (SSSR count). The van der Waals surface area contributed by atoms with Crippen molar-refractivity contribution in [1.82, 2.24) is 4.90 Å². The Balaban J connectivity index is 2.55. The molecule has 1 atom stereocenters. The number of carboxylic acids is 1. The van der Waals surface area contributed by atoms with Gasteiger partial charge in [-0.25, -0.2) is 8.78 Å². The van der Waals surface area contributed by atoms with Gasteiger partial charge in [0, 0.05) is 18.5 Å². The van der Waals surface area contributed by atoms with Crippen LogP contribution in [-0.4, -0.2) is 41.0 Å². The molecule has 0 aliphatic carbocycles. The highest BCUT2D eigenvalue weighted by atomic mass is 19.3. The lowest BCUT2D eigenvalue weighted by Gasteiger charge is -2.24. The number of carboxylic acid groups (broad SMARTS) is 1. The topological polar surface area (TPSA) is 40.5 Å². The maximum absolute atomic E-state index is 13.4. The number of halogens is 2. The molecule has 0 radical (unpaired) electrons. The van der Waals surface area contributed by atoms with Crippen LogP contribution in [0.25, 0.3) is 0 Å². The number of likely N-dealkylation sites (tertiary alicyclic amines) is 1. The van der Waals surface area contributed by atoms with Gasteiger partial charge in [-0.05, 0) is 26.8 Å². The van der Waals surface area contributed by atoms with E-state index in [1.807, 2.05) is 18.7 Å². The first-order chi connectivity index (χ1) is 6.83. The molecule has 0 amide bonds. The lowest BCUT2D eigenvalue weighted by molar-refractivity contribution is -0.149. The van der Waals surface area contributed by atoms with Gasteiger partial charge in [0.05, 0.1) is 0 Å². The molecule has 1 unspecified atom stereocenters. The minimum Gasteiger partial charge on any atom is -0.481 e.